The van der Waals surface area contributed by atoms with Crippen molar-refractivity contribution in [1.82, 2.24) is 4.31 Å². The standard InChI is InChI=1S/C10H13NO3S.2ClH.Ru/c1-8-7-9(5-6-10(8)14-4)15(12,13)11(2)3;;;/h1,5-7H,2-4H3;2*1H;/q;;;+2/p-2. The van der Waals surface area contributed by atoms with E-state index >= 15 is 0 Å². The van der Waals surface area contributed by atoms with Crippen molar-refractivity contribution in [3.05, 3.63) is 23.8 Å². The maximum atomic E-state index is 12.0. The number of methoxy groups -OCH3 is 1. The van der Waals surface area contributed by atoms with Gasteiger partial charge in [0.25, 0.3) is 0 Å². The summed E-state index contributed by atoms with van der Waals surface area (Å²) in [5.74, 6) is 0.549. The Labute approximate surface area is 120 Å². The molecule has 1 aromatic rings. The summed E-state index contributed by atoms with van der Waals surface area (Å²) in [6, 6.07) is 4.60. The van der Waals surface area contributed by atoms with Crippen LogP contribution in [0.5, 0.6) is 5.75 Å². The molecule has 1 rings (SSSR count). The van der Waals surface area contributed by atoms with Crippen molar-refractivity contribution in [3.63, 3.8) is 0 Å². The predicted octanol–water partition coefficient (Wildman–Crippen LogP) is 2.02. The molecule has 0 atom stereocenters. The number of benzene rings is 1. The van der Waals surface area contributed by atoms with Gasteiger partial charge >= 0.3 is 121 Å². The van der Waals surface area contributed by atoms with Crippen LogP contribution in [0.1, 0.15) is 5.56 Å². The van der Waals surface area contributed by atoms with Gasteiger partial charge < -0.3 is 0 Å². The zero-order valence-electron chi connectivity index (χ0n) is 10.00. The summed E-state index contributed by atoms with van der Waals surface area (Å²) in [6.07, 6.45) is 0. The Morgan fingerprint density at radius 2 is 1.94 bits per heavy atom. The molecule has 0 spiro atoms. The molecule has 8 heteroatoms. The number of ether oxygens (including phenoxy) is 1. The van der Waals surface area contributed by atoms with E-state index in [1.54, 1.807) is 10.7 Å². The van der Waals surface area contributed by atoms with Gasteiger partial charge in [-0.15, -0.1) is 0 Å². The first-order chi connectivity index (χ1) is 8.28. The molecular weight excluding hydrogens is 386 g/mol. The molecule has 0 radical (unpaired) electrons. The number of rotatable bonds is 4. The van der Waals surface area contributed by atoms with Crippen LogP contribution in [-0.2, 0) is 23.5 Å². The van der Waals surface area contributed by atoms with Crippen LogP contribution < -0.4 is 4.74 Å². The van der Waals surface area contributed by atoms with E-state index in [0.29, 0.717) is 11.3 Å². The van der Waals surface area contributed by atoms with E-state index in [2.05, 4.69) is 0 Å². The normalized spacial score (nSPS) is 12.4. The van der Waals surface area contributed by atoms with Gasteiger partial charge in [0.05, 0.1) is 0 Å². The van der Waals surface area contributed by atoms with E-state index in [4.69, 9.17) is 24.1 Å². The van der Waals surface area contributed by atoms with Crippen LogP contribution >= 0.6 is 19.4 Å². The Bertz CT molecular complexity index is 568. The molecule has 1 aromatic carbocycles. The summed E-state index contributed by atoms with van der Waals surface area (Å²) in [5.41, 5.74) is 0.601. The van der Waals surface area contributed by atoms with Crippen LogP contribution in [0, 0.1) is 0 Å². The summed E-state index contributed by atoms with van der Waals surface area (Å²) in [5, 5.41) is 0. The number of nitrogens with zero attached hydrogens (tertiary/aromatic N) is 1. The molecule has 0 aromatic heterocycles. The van der Waals surface area contributed by atoms with Crippen molar-refractivity contribution in [1.29, 1.82) is 0 Å². The van der Waals surface area contributed by atoms with Gasteiger partial charge in [0, 0.05) is 0 Å². The summed E-state index contributed by atoms with van der Waals surface area (Å²) in [7, 11) is 12.6. The van der Waals surface area contributed by atoms with Crippen molar-refractivity contribution < 1.29 is 26.7 Å². The molecule has 0 bridgehead atoms. The SMILES string of the molecule is COc1ccc(S(=O)(=O)N(C)C)cc1[CH]=[Ru]([Cl])[Cl]. The van der Waals surface area contributed by atoms with E-state index in [0.717, 1.165) is 4.31 Å². The predicted molar refractivity (Wildman–Crippen MR) is 70.7 cm³/mol. The Hall–Kier alpha value is 0.00338. The first-order valence-corrected chi connectivity index (χ1v) is 11.6. The molecule has 18 heavy (non-hydrogen) atoms. The first-order valence-electron chi connectivity index (χ1n) is 4.72. The van der Waals surface area contributed by atoms with Gasteiger partial charge in [-0.25, -0.2) is 0 Å². The number of hydrogen-bond acceptors (Lipinski definition) is 3. The van der Waals surface area contributed by atoms with Gasteiger partial charge in [-0.1, -0.05) is 0 Å². The van der Waals surface area contributed by atoms with Crippen LogP contribution in [-0.4, -0.2) is 38.5 Å². The van der Waals surface area contributed by atoms with Crippen molar-refractivity contribution >= 4 is 34.0 Å². The molecule has 0 fully saturated rings. The Kier molecular flexibility index (Phi) is 5.75. The summed E-state index contributed by atoms with van der Waals surface area (Å²) >= 11 is -2.05. The van der Waals surface area contributed by atoms with E-state index in [9.17, 15) is 8.42 Å². The molecule has 0 saturated heterocycles. The molecule has 0 aliphatic rings. The van der Waals surface area contributed by atoms with Crippen molar-refractivity contribution in [2.45, 2.75) is 4.90 Å². The summed E-state index contributed by atoms with van der Waals surface area (Å²) < 4.78 is 31.9. The third kappa shape index (κ3) is 3.75. The number of halogens is 2. The molecule has 0 aliphatic heterocycles. The summed E-state index contributed by atoms with van der Waals surface area (Å²) in [6.45, 7) is 0. The molecule has 0 amide bonds. The van der Waals surface area contributed by atoms with Gasteiger partial charge in [-0.3, -0.25) is 0 Å². The third-order valence-corrected chi connectivity index (χ3v) is 5.81. The maximum absolute atomic E-state index is 12.0. The monoisotopic (exact) mass is 399 g/mol. The molecule has 0 N–H and O–H groups in total. The molecule has 104 valence electrons. The molecular formula is C10H13Cl2NO3RuS. The molecule has 0 unspecified atom stereocenters. The van der Waals surface area contributed by atoms with E-state index < -0.39 is 23.5 Å². The van der Waals surface area contributed by atoms with Crippen LogP contribution in [0.2, 0.25) is 0 Å². The second kappa shape index (κ2) is 6.44. The van der Waals surface area contributed by atoms with Crippen LogP contribution in [0.3, 0.4) is 0 Å². The van der Waals surface area contributed by atoms with Crippen LogP contribution in [0.4, 0.5) is 0 Å². The molecule has 4 nitrogen and oxygen atoms in total. The molecule has 0 heterocycles. The Morgan fingerprint density at radius 1 is 1.33 bits per heavy atom. The number of hydrogen-bond donors (Lipinski definition) is 0. The fraction of sp³-hybridized carbons (Fsp3) is 0.300. The van der Waals surface area contributed by atoms with E-state index in [1.807, 2.05) is 0 Å². The topological polar surface area (TPSA) is 46.6 Å². The minimum absolute atomic E-state index is 0.184. The second-order valence-electron chi connectivity index (χ2n) is 3.50. The van der Waals surface area contributed by atoms with Gasteiger partial charge in [0.2, 0.25) is 0 Å². The average Bonchev–Trinajstić information content (AvgIpc) is 2.27. The zero-order valence-corrected chi connectivity index (χ0v) is 14.1. The Morgan fingerprint density at radius 3 is 2.39 bits per heavy atom. The van der Waals surface area contributed by atoms with Crippen LogP contribution in [0.25, 0.3) is 0 Å². The first kappa shape index (κ1) is 16.1. The average molecular weight is 399 g/mol. The van der Waals surface area contributed by atoms with Gasteiger partial charge in [0.1, 0.15) is 0 Å². The zero-order chi connectivity index (χ0) is 13.9. The van der Waals surface area contributed by atoms with Crippen LogP contribution in [0.15, 0.2) is 23.1 Å². The van der Waals surface area contributed by atoms with Crippen molar-refractivity contribution in [3.8, 4) is 5.75 Å². The summed E-state index contributed by atoms with van der Waals surface area (Å²) in [4.78, 5) is 0.184. The molecule has 0 saturated carbocycles. The van der Waals surface area contributed by atoms with E-state index in [1.165, 1.54) is 33.3 Å². The van der Waals surface area contributed by atoms with Crippen molar-refractivity contribution in [2.24, 2.45) is 0 Å². The van der Waals surface area contributed by atoms with Gasteiger partial charge in [0.15, 0.2) is 0 Å². The molecule has 0 aliphatic carbocycles. The number of sulfonamides is 1. The minimum atomic E-state index is -3.47. The van der Waals surface area contributed by atoms with E-state index in [-0.39, 0.29) is 4.90 Å². The van der Waals surface area contributed by atoms with Gasteiger partial charge in [-0.2, -0.15) is 0 Å². The van der Waals surface area contributed by atoms with Gasteiger partial charge in [-0.05, 0) is 0 Å². The quantitative estimate of drug-likeness (QED) is 0.728. The Balaban J connectivity index is 3.41. The fourth-order valence-electron chi connectivity index (χ4n) is 1.25. The van der Waals surface area contributed by atoms with Crippen molar-refractivity contribution in [2.75, 3.05) is 21.2 Å². The second-order valence-corrected chi connectivity index (χ2v) is 11.4. The fourth-order valence-corrected chi connectivity index (χ4v) is 3.97. The third-order valence-electron chi connectivity index (χ3n) is 2.17.